The molecule has 148 valence electrons. The van der Waals surface area contributed by atoms with E-state index in [1.54, 1.807) is 17.1 Å². The van der Waals surface area contributed by atoms with E-state index in [-0.39, 0.29) is 22.6 Å². The number of aromatic amines is 1. The molecule has 28 heavy (non-hydrogen) atoms. The molecule has 0 radical (unpaired) electrons. The lowest BCUT2D eigenvalue weighted by molar-refractivity contribution is -0.191. The molecule has 9 heteroatoms. The van der Waals surface area contributed by atoms with E-state index in [0.717, 1.165) is 32.1 Å². The first-order valence-corrected chi connectivity index (χ1v) is 8.66. The van der Waals surface area contributed by atoms with Gasteiger partial charge in [-0.05, 0) is 36.6 Å². The third kappa shape index (κ3) is 3.26. The van der Waals surface area contributed by atoms with Gasteiger partial charge in [-0.15, -0.1) is 0 Å². The predicted molar refractivity (Wildman–Crippen MR) is 92.9 cm³/mol. The molecule has 1 amide bonds. The van der Waals surface area contributed by atoms with Crippen LogP contribution in [0.2, 0.25) is 0 Å². The van der Waals surface area contributed by atoms with E-state index in [4.69, 9.17) is 15.2 Å². The Morgan fingerprint density at radius 3 is 2.36 bits per heavy atom. The molecule has 6 nitrogen and oxygen atoms in total. The zero-order valence-corrected chi connectivity index (χ0v) is 14.6. The Kier molecular flexibility index (Phi) is 4.22. The van der Waals surface area contributed by atoms with Gasteiger partial charge in [-0.2, -0.15) is 13.2 Å². The third-order valence-corrected chi connectivity index (χ3v) is 5.20. The molecule has 2 fully saturated rings. The molecule has 1 aromatic carbocycles. The molecule has 0 atom stereocenters. The lowest BCUT2D eigenvalue weighted by Gasteiger charge is -2.52. The summed E-state index contributed by atoms with van der Waals surface area (Å²) in [5.41, 5.74) is 2.23. The lowest BCUT2D eigenvalue weighted by atomic mass is 9.65. The number of H-pyrrole nitrogens is 1. The van der Waals surface area contributed by atoms with Crippen LogP contribution in [0.4, 0.5) is 13.2 Å². The summed E-state index contributed by atoms with van der Waals surface area (Å²) < 4.78 is 51.1. The van der Waals surface area contributed by atoms with E-state index in [0.29, 0.717) is 5.75 Å². The number of nitrogens with two attached hydrogens (primary N) is 1. The second-order valence-corrected chi connectivity index (χ2v) is 7.33. The van der Waals surface area contributed by atoms with Crippen LogP contribution < -0.4 is 16.0 Å². The van der Waals surface area contributed by atoms with Gasteiger partial charge < -0.3 is 20.2 Å². The van der Waals surface area contributed by atoms with E-state index in [2.05, 4.69) is 0 Å². The average molecular weight is 394 g/mol. The van der Waals surface area contributed by atoms with Crippen molar-refractivity contribution in [3.8, 4) is 16.9 Å². The van der Waals surface area contributed by atoms with Gasteiger partial charge in [0.1, 0.15) is 23.1 Å². The molecule has 1 aromatic heterocycles. The summed E-state index contributed by atoms with van der Waals surface area (Å²) in [6.07, 6.45) is -2.94. The van der Waals surface area contributed by atoms with Crippen molar-refractivity contribution in [2.75, 3.05) is 13.2 Å². The second-order valence-electron chi connectivity index (χ2n) is 7.33. The van der Waals surface area contributed by atoms with Gasteiger partial charge in [0.05, 0.1) is 13.2 Å². The molecule has 4 rings (SSSR count). The Morgan fingerprint density at radius 2 is 1.86 bits per heavy atom. The highest BCUT2D eigenvalue weighted by molar-refractivity contribution is 5.94. The first kappa shape index (κ1) is 18.5. The molecule has 1 saturated carbocycles. The fraction of sp³-hybridized carbons (Fsp3) is 0.368. The van der Waals surface area contributed by atoms with E-state index in [1.165, 1.54) is 12.1 Å². The zero-order valence-electron chi connectivity index (χ0n) is 14.6. The van der Waals surface area contributed by atoms with Crippen molar-refractivity contribution in [1.82, 2.24) is 4.98 Å². The number of pyridine rings is 1. The number of nitrogens with one attached hydrogen (secondary N) is 1. The summed E-state index contributed by atoms with van der Waals surface area (Å²) in [6, 6.07) is 6.89. The molecule has 2 aromatic rings. The number of hydrogen-bond acceptors (Lipinski definition) is 4. The monoisotopic (exact) mass is 394 g/mol. The number of ether oxygens (including phenoxy) is 2. The van der Waals surface area contributed by atoms with Crippen LogP contribution in [0.1, 0.15) is 28.9 Å². The van der Waals surface area contributed by atoms with Crippen LogP contribution >= 0.6 is 0 Å². The number of rotatable bonds is 4. The van der Waals surface area contributed by atoms with Gasteiger partial charge in [0.2, 0.25) is 0 Å². The summed E-state index contributed by atoms with van der Waals surface area (Å²) in [5, 5.41) is 0. The summed E-state index contributed by atoms with van der Waals surface area (Å²) in [4.78, 5) is 24.8. The molecule has 0 unspecified atom stereocenters. The SMILES string of the molecule is NC(=O)c1cc(-c2ccc(OC3CC4(COC4)C3)cc2)c(C(F)(F)F)[nH]c1=O. The van der Waals surface area contributed by atoms with Crippen molar-refractivity contribution >= 4 is 5.91 Å². The van der Waals surface area contributed by atoms with Crippen LogP contribution in [0.25, 0.3) is 11.1 Å². The predicted octanol–water partition coefficient (Wildman–Crippen LogP) is 2.72. The Bertz CT molecular complexity index is 970. The Morgan fingerprint density at radius 1 is 1.21 bits per heavy atom. The summed E-state index contributed by atoms with van der Waals surface area (Å²) in [5.74, 6) is -0.563. The van der Waals surface area contributed by atoms with Gasteiger partial charge in [0.15, 0.2) is 0 Å². The van der Waals surface area contributed by atoms with Crippen molar-refractivity contribution in [1.29, 1.82) is 0 Å². The quantitative estimate of drug-likeness (QED) is 0.834. The number of amides is 1. The molecule has 0 bridgehead atoms. The topological polar surface area (TPSA) is 94.4 Å². The molecular weight excluding hydrogens is 377 g/mol. The van der Waals surface area contributed by atoms with Crippen molar-refractivity contribution in [3.05, 3.63) is 51.9 Å². The van der Waals surface area contributed by atoms with E-state index < -0.39 is 28.9 Å². The molecule has 2 aliphatic rings. The highest BCUT2D eigenvalue weighted by Crippen LogP contribution is 2.48. The number of aromatic nitrogens is 1. The van der Waals surface area contributed by atoms with Crippen LogP contribution in [-0.4, -0.2) is 30.2 Å². The smallest absolute Gasteiger partial charge is 0.431 e. The summed E-state index contributed by atoms with van der Waals surface area (Å²) in [7, 11) is 0. The Hall–Kier alpha value is -2.81. The molecule has 1 saturated heterocycles. The number of carbonyl (C=O) groups is 1. The number of benzene rings is 1. The zero-order chi connectivity index (χ0) is 20.1. The number of carbonyl (C=O) groups excluding carboxylic acids is 1. The number of primary amides is 1. The maximum Gasteiger partial charge on any atom is 0.431 e. The van der Waals surface area contributed by atoms with Gasteiger partial charge in [0, 0.05) is 11.0 Å². The molecule has 1 aliphatic carbocycles. The summed E-state index contributed by atoms with van der Waals surface area (Å²) >= 11 is 0. The largest absolute Gasteiger partial charge is 0.490 e. The minimum absolute atomic E-state index is 0.0648. The minimum atomic E-state index is -4.80. The van der Waals surface area contributed by atoms with Crippen LogP contribution in [0.15, 0.2) is 35.1 Å². The van der Waals surface area contributed by atoms with Gasteiger partial charge in [0.25, 0.3) is 11.5 Å². The first-order chi connectivity index (χ1) is 13.2. The molecule has 3 N–H and O–H groups in total. The molecule has 1 aliphatic heterocycles. The van der Waals surface area contributed by atoms with Crippen LogP contribution in [0, 0.1) is 5.41 Å². The van der Waals surface area contributed by atoms with E-state index in [1.807, 2.05) is 0 Å². The van der Waals surface area contributed by atoms with E-state index >= 15 is 0 Å². The van der Waals surface area contributed by atoms with E-state index in [9.17, 15) is 22.8 Å². The normalized spacial score (nSPS) is 18.4. The Labute approximate surface area is 157 Å². The highest BCUT2D eigenvalue weighted by Gasteiger charge is 2.51. The lowest BCUT2D eigenvalue weighted by Crippen LogP contribution is -2.56. The third-order valence-electron chi connectivity index (χ3n) is 5.20. The molecule has 2 heterocycles. The average Bonchev–Trinajstić information content (AvgIpc) is 2.55. The second kappa shape index (κ2) is 6.37. The van der Waals surface area contributed by atoms with Gasteiger partial charge in [-0.3, -0.25) is 9.59 Å². The van der Waals surface area contributed by atoms with Crippen molar-refractivity contribution < 1.29 is 27.4 Å². The fourth-order valence-electron chi connectivity index (χ4n) is 3.69. The Balaban J connectivity index is 1.60. The first-order valence-electron chi connectivity index (χ1n) is 8.66. The number of alkyl halides is 3. The van der Waals surface area contributed by atoms with Crippen LogP contribution in [0.5, 0.6) is 5.75 Å². The summed E-state index contributed by atoms with van der Waals surface area (Å²) in [6.45, 7) is 1.50. The highest BCUT2D eigenvalue weighted by atomic mass is 19.4. The number of halogens is 3. The van der Waals surface area contributed by atoms with Crippen LogP contribution in [-0.2, 0) is 10.9 Å². The molecule has 1 spiro atoms. The van der Waals surface area contributed by atoms with Crippen LogP contribution in [0.3, 0.4) is 0 Å². The van der Waals surface area contributed by atoms with Gasteiger partial charge >= 0.3 is 6.18 Å². The maximum atomic E-state index is 13.3. The maximum absolute atomic E-state index is 13.3. The van der Waals surface area contributed by atoms with Gasteiger partial charge in [-0.25, -0.2) is 0 Å². The molecular formula is C19H17F3N2O4. The minimum Gasteiger partial charge on any atom is -0.490 e. The fourth-order valence-corrected chi connectivity index (χ4v) is 3.69. The van der Waals surface area contributed by atoms with Crippen molar-refractivity contribution in [2.45, 2.75) is 25.1 Å². The standard InChI is InChI=1S/C19H17F3N2O4/c20-19(21,22)15-13(5-14(16(23)25)17(26)24-15)10-1-3-11(4-2-10)28-12-6-18(7-12)8-27-9-18/h1-5,12H,6-9H2,(H2,23,25)(H,24,26). The van der Waals surface area contributed by atoms with Crippen molar-refractivity contribution in [3.63, 3.8) is 0 Å². The van der Waals surface area contributed by atoms with Gasteiger partial charge in [-0.1, -0.05) is 12.1 Å². The number of hydrogen-bond donors (Lipinski definition) is 2. The van der Waals surface area contributed by atoms with Crippen molar-refractivity contribution in [2.24, 2.45) is 11.1 Å².